The highest BCUT2D eigenvalue weighted by Crippen LogP contribution is 2.28. The fraction of sp³-hybridized carbons (Fsp3) is 0.526. The van der Waals surface area contributed by atoms with Gasteiger partial charge in [-0.15, -0.1) is 0 Å². The van der Waals surface area contributed by atoms with Crippen molar-refractivity contribution < 1.29 is 4.39 Å². The number of benzene rings is 1. The maximum atomic E-state index is 13.6. The number of likely N-dealkylation sites (N-methyl/N-ethyl adjacent to an activating group) is 1. The molecule has 5 heteroatoms. The monoisotopic (exact) mass is 330 g/mol. The zero-order chi connectivity index (χ0) is 17.1. The average molecular weight is 330 g/mol. The Morgan fingerprint density at radius 2 is 2.04 bits per heavy atom. The van der Waals surface area contributed by atoms with Gasteiger partial charge in [-0.1, -0.05) is 0 Å². The lowest BCUT2D eigenvalue weighted by molar-refractivity contribution is 0.369. The number of piperidine rings is 1. The van der Waals surface area contributed by atoms with Gasteiger partial charge in [0.2, 0.25) is 0 Å². The van der Waals surface area contributed by atoms with Crippen molar-refractivity contribution in [2.24, 2.45) is 0 Å². The van der Waals surface area contributed by atoms with Gasteiger partial charge in [-0.2, -0.15) is 0 Å². The van der Waals surface area contributed by atoms with Crippen molar-refractivity contribution in [3.8, 4) is 11.3 Å². The second-order valence-electron chi connectivity index (χ2n) is 6.97. The maximum Gasteiger partial charge on any atom is 0.126 e. The Hall–Kier alpha value is -1.72. The van der Waals surface area contributed by atoms with Crippen molar-refractivity contribution in [1.29, 1.82) is 0 Å². The zero-order valence-corrected chi connectivity index (χ0v) is 14.8. The highest BCUT2D eigenvalue weighted by atomic mass is 19.1. The molecule has 4 nitrogen and oxygen atoms in total. The minimum Gasteiger partial charge on any atom is -0.333 e. The van der Waals surface area contributed by atoms with Gasteiger partial charge in [0, 0.05) is 30.8 Å². The fourth-order valence-corrected chi connectivity index (χ4v) is 3.27. The summed E-state index contributed by atoms with van der Waals surface area (Å²) in [5.41, 5.74) is 2.61. The van der Waals surface area contributed by atoms with Gasteiger partial charge in [-0.05, 0) is 70.7 Å². The Morgan fingerprint density at radius 3 is 2.71 bits per heavy atom. The first kappa shape index (κ1) is 17.1. The fourth-order valence-electron chi connectivity index (χ4n) is 3.27. The van der Waals surface area contributed by atoms with Crippen LogP contribution in [-0.2, 0) is 6.54 Å². The molecule has 24 heavy (non-hydrogen) atoms. The summed E-state index contributed by atoms with van der Waals surface area (Å²) in [6.07, 6.45) is 4.38. The molecule has 1 aliphatic rings. The van der Waals surface area contributed by atoms with Gasteiger partial charge in [0.15, 0.2) is 0 Å². The summed E-state index contributed by atoms with van der Waals surface area (Å²) in [6.45, 7) is 5.82. The minimum atomic E-state index is -0.163. The van der Waals surface area contributed by atoms with Gasteiger partial charge in [0.05, 0.1) is 5.69 Å². The number of nitrogens with one attached hydrogen (secondary N) is 1. The molecule has 0 aliphatic carbocycles. The second-order valence-corrected chi connectivity index (χ2v) is 6.97. The summed E-state index contributed by atoms with van der Waals surface area (Å²) < 4.78 is 15.9. The average Bonchev–Trinajstić information content (AvgIpc) is 3.00. The van der Waals surface area contributed by atoms with Crippen molar-refractivity contribution in [3.63, 3.8) is 0 Å². The van der Waals surface area contributed by atoms with Gasteiger partial charge >= 0.3 is 0 Å². The molecule has 0 bridgehead atoms. The molecule has 0 spiro atoms. The molecule has 2 heterocycles. The quantitative estimate of drug-likeness (QED) is 0.915. The molecule has 0 saturated carbocycles. The molecule has 130 valence electrons. The minimum absolute atomic E-state index is 0.163. The van der Waals surface area contributed by atoms with Crippen molar-refractivity contribution in [1.82, 2.24) is 19.8 Å². The van der Waals surface area contributed by atoms with Crippen LogP contribution < -0.4 is 5.32 Å². The van der Waals surface area contributed by atoms with Gasteiger partial charge in [-0.3, -0.25) is 0 Å². The first-order valence-corrected chi connectivity index (χ1v) is 8.73. The third-order valence-electron chi connectivity index (χ3n) is 4.75. The van der Waals surface area contributed by atoms with Crippen LogP contribution in [0.4, 0.5) is 4.39 Å². The van der Waals surface area contributed by atoms with E-state index in [4.69, 9.17) is 4.98 Å². The normalized spacial score (nSPS) is 16.0. The Morgan fingerprint density at radius 1 is 1.29 bits per heavy atom. The molecule has 0 unspecified atom stereocenters. The maximum absolute atomic E-state index is 13.6. The number of halogens is 1. The van der Waals surface area contributed by atoms with Crippen LogP contribution in [0.15, 0.2) is 24.4 Å². The SMILES string of the molecule is Cc1cc(-c2cn(CCN(C)C)c(C3CCNCC3)n2)ccc1F. The van der Waals surface area contributed by atoms with Crippen LogP contribution in [0.25, 0.3) is 11.3 Å². The number of hydrogen-bond donors (Lipinski definition) is 1. The number of nitrogens with zero attached hydrogens (tertiary/aromatic N) is 3. The van der Waals surface area contributed by atoms with Crippen LogP contribution in [0.2, 0.25) is 0 Å². The number of hydrogen-bond acceptors (Lipinski definition) is 3. The van der Waals surface area contributed by atoms with Crippen LogP contribution in [0.1, 0.15) is 30.1 Å². The van der Waals surface area contributed by atoms with Crippen molar-refractivity contribution in [2.45, 2.75) is 32.2 Å². The van der Waals surface area contributed by atoms with E-state index < -0.39 is 0 Å². The van der Waals surface area contributed by atoms with E-state index in [-0.39, 0.29) is 5.82 Å². The molecule has 1 fully saturated rings. The van der Waals surface area contributed by atoms with Crippen molar-refractivity contribution in [3.05, 3.63) is 41.6 Å². The molecule has 1 N–H and O–H groups in total. The van der Waals surface area contributed by atoms with E-state index in [0.29, 0.717) is 11.5 Å². The number of aryl methyl sites for hydroxylation is 1. The molecular weight excluding hydrogens is 303 g/mol. The molecular formula is C19H27FN4. The summed E-state index contributed by atoms with van der Waals surface area (Å²) in [7, 11) is 4.18. The molecule has 1 saturated heterocycles. The largest absolute Gasteiger partial charge is 0.333 e. The number of aromatic nitrogens is 2. The van der Waals surface area contributed by atoms with E-state index >= 15 is 0 Å². The Kier molecular flexibility index (Phi) is 5.31. The summed E-state index contributed by atoms with van der Waals surface area (Å²) >= 11 is 0. The Labute approximate surface area is 143 Å². The predicted molar refractivity (Wildman–Crippen MR) is 95.8 cm³/mol. The summed E-state index contributed by atoms with van der Waals surface area (Å²) in [5, 5.41) is 3.42. The molecule has 1 aliphatic heterocycles. The predicted octanol–water partition coefficient (Wildman–Crippen LogP) is 3.03. The lowest BCUT2D eigenvalue weighted by atomic mass is 9.97. The first-order chi connectivity index (χ1) is 11.5. The van der Waals surface area contributed by atoms with Crippen LogP contribution in [0, 0.1) is 12.7 Å². The number of imidazole rings is 1. The molecule has 2 aromatic rings. The van der Waals surface area contributed by atoms with E-state index in [1.165, 1.54) is 11.9 Å². The third kappa shape index (κ3) is 3.84. The summed E-state index contributed by atoms with van der Waals surface area (Å²) in [6, 6.07) is 5.25. The molecule has 3 rings (SSSR count). The lowest BCUT2D eigenvalue weighted by Gasteiger charge is -2.23. The topological polar surface area (TPSA) is 33.1 Å². The van der Waals surface area contributed by atoms with E-state index in [9.17, 15) is 4.39 Å². The van der Waals surface area contributed by atoms with Gasteiger partial charge < -0.3 is 14.8 Å². The van der Waals surface area contributed by atoms with Crippen LogP contribution >= 0.6 is 0 Å². The summed E-state index contributed by atoms with van der Waals surface area (Å²) in [4.78, 5) is 7.14. The Bertz CT molecular complexity index is 687. The van der Waals surface area contributed by atoms with E-state index in [2.05, 4.69) is 35.1 Å². The van der Waals surface area contributed by atoms with Crippen molar-refractivity contribution in [2.75, 3.05) is 33.7 Å². The van der Waals surface area contributed by atoms with Crippen molar-refractivity contribution >= 4 is 0 Å². The standard InChI is InChI=1S/C19H27FN4/c1-14-12-16(4-5-17(14)20)18-13-24(11-10-23(2)3)19(22-18)15-6-8-21-9-7-15/h4-5,12-13,15,21H,6-11H2,1-3H3. The Balaban J connectivity index is 1.93. The molecule has 1 aromatic heterocycles. The van der Waals surface area contributed by atoms with Crippen LogP contribution in [-0.4, -0.2) is 48.2 Å². The highest BCUT2D eigenvalue weighted by molar-refractivity contribution is 5.60. The van der Waals surface area contributed by atoms with Gasteiger partial charge in [-0.25, -0.2) is 9.37 Å². The van der Waals surface area contributed by atoms with Crippen LogP contribution in [0.3, 0.4) is 0 Å². The second kappa shape index (κ2) is 7.45. The highest BCUT2D eigenvalue weighted by Gasteiger charge is 2.22. The number of rotatable bonds is 5. The smallest absolute Gasteiger partial charge is 0.126 e. The van der Waals surface area contributed by atoms with E-state index in [0.717, 1.165) is 50.3 Å². The van der Waals surface area contributed by atoms with Gasteiger partial charge in [0.1, 0.15) is 11.6 Å². The molecule has 0 radical (unpaired) electrons. The van der Waals surface area contributed by atoms with E-state index in [1.54, 1.807) is 6.92 Å². The van der Waals surface area contributed by atoms with Crippen LogP contribution in [0.5, 0.6) is 0 Å². The molecule has 0 amide bonds. The van der Waals surface area contributed by atoms with E-state index in [1.807, 2.05) is 12.1 Å². The lowest BCUT2D eigenvalue weighted by Crippen LogP contribution is -2.28. The summed E-state index contributed by atoms with van der Waals surface area (Å²) in [5.74, 6) is 1.52. The first-order valence-electron chi connectivity index (χ1n) is 8.73. The zero-order valence-electron chi connectivity index (χ0n) is 14.8. The molecule has 1 aromatic carbocycles. The third-order valence-corrected chi connectivity index (χ3v) is 4.75. The van der Waals surface area contributed by atoms with Gasteiger partial charge in [0.25, 0.3) is 0 Å². The molecule has 0 atom stereocenters.